The highest BCUT2D eigenvalue weighted by molar-refractivity contribution is 8.00. The largest absolute Gasteiger partial charge is 0.330 e. The maximum Gasteiger partial charge on any atom is 0.211 e. The van der Waals surface area contributed by atoms with Crippen LogP contribution in [0.15, 0.2) is 0 Å². The van der Waals surface area contributed by atoms with Gasteiger partial charge in [0.05, 0.1) is 5.75 Å². The summed E-state index contributed by atoms with van der Waals surface area (Å²) in [6, 6.07) is 0. The van der Waals surface area contributed by atoms with Crippen LogP contribution in [0.25, 0.3) is 0 Å². The van der Waals surface area contributed by atoms with Crippen molar-refractivity contribution >= 4 is 21.8 Å². The van der Waals surface area contributed by atoms with Crippen LogP contribution in [0.5, 0.6) is 0 Å². The van der Waals surface area contributed by atoms with Gasteiger partial charge in [0.25, 0.3) is 0 Å². The molecule has 1 fully saturated rings. The molecule has 3 N–H and O–H groups in total. The molecule has 0 aromatic heterocycles. The minimum atomic E-state index is -3.06. The maximum absolute atomic E-state index is 11.5. The minimum absolute atomic E-state index is 0.210. The Morgan fingerprint density at radius 3 is 2.80 bits per heavy atom. The second-order valence-electron chi connectivity index (χ2n) is 3.80. The summed E-state index contributed by atoms with van der Waals surface area (Å²) in [5.74, 6) is 1.38. The van der Waals surface area contributed by atoms with E-state index in [1.807, 2.05) is 11.8 Å². The smallest absolute Gasteiger partial charge is 0.211 e. The van der Waals surface area contributed by atoms with Crippen LogP contribution in [0.3, 0.4) is 0 Å². The van der Waals surface area contributed by atoms with Gasteiger partial charge in [0.1, 0.15) is 0 Å². The molecule has 1 saturated heterocycles. The van der Waals surface area contributed by atoms with Crippen molar-refractivity contribution in [1.29, 1.82) is 0 Å². The Bertz CT molecular complexity index is 261. The summed E-state index contributed by atoms with van der Waals surface area (Å²) in [7, 11) is -3.06. The van der Waals surface area contributed by atoms with E-state index < -0.39 is 10.0 Å². The highest BCUT2D eigenvalue weighted by Crippen LogP contribution is 2.25. The Hall–Kier alpha value is 0.220. The van der Waals surface area contributed by atoms with Crippen LogP contribution >= 0.6 is 11.8 Å². The molecule has 4 nitrogen and oxygen atoms in total. The molecular formula is C9H20N2O2S2. The van der Waals surface area contributed by atoms with E-state index in [9.17, 15) is 8.42 Å². The monoisotopic (exact) mass is 252 g/mol. The number of unbranched alkanes of at least 4 members (excludes halogenated alkanes) is 1. The van der Waals surface area contributed by atoms with Crippen LogP contribution < -0.4 is 10.5 Å². The summed E-state index contributed by atoms with van der Waals surface area (Å²) < 4.78 is 25.7. The third-order valence-electron chi connectivity index (χ3n) is 2.42. The summed E-state index contributed by atoms with van der Waals surface area (Å²) in [5.41, 5.74) is 5.31. The average molecular weight is 252 g/mol. The van der Waals surface area contributed by atoms with Crippen LogP contribution in [0.2, 0.25) is 0 Å². The van der Waals surface area contributed by atoms with E-state index in [1.54, 1.807) is 0 Å². The van der Waals surface area contributed by atoms with Gasteiger partial charge in [-0.2, -0.15) is 11.8 Å². The number of nitrogens with one attached hydrogen (secondary N) is 1. The standard InChI is InChI=1S/C9H20N2O2S2/c10-5-1-2-7-15(12,13)11-8-9-4-3-6-14-9/h9,11H,1-8,10H2. The fourth-order valence-electron chi connectivity index (χ4n) is 1.53. The third kappa shape index (κ3) is 5.75. The van der Waals surface area contributed by atoms with Crippen LogP contribution in [-0.4, -0.2) is 38.3 Å². The molecule has 0 radical (unpaired) electrons. The molecule has 1 aliphatic rings. The second-order valence-corrected chi connectivity index (χ2v) is 7.13. The molecule has 0 bridgehead atoms. The predicted octanol–water partition coefficient (Wildman–Crippen LogP) is 0.540. The van der Waals surface area contributed by atoms with Crippen molar-refractivity contribution < 1.29 is 8.42 Å². The maximum atomic E-state index is 11.5. The van der Waals surface area contributed by atoms with Gasteiger partial charge >= 0.3 is 0 Å². The zero-order valence-corrected chi connectivity index (χ0v) is 10.6. The van der Waals surface area contributed by atoms with Crippen molar-refractivity contribution in [3.05, 3.63) is 0 Å². The first-order valence-corrected chi connectivity index (χ1v) is 8.13. The van der Waals surface area contributed by atoms with Crippen LogP contribution in [0.1, 0.15) is 25.7 Å². The summed E-state index contributed by atoms with van der Waals surface area (Å²) in [5, 5.41) is 0.481. The van der Waals surface area contributed by atoms with Gasteiger partial charge in [0.2, 0.25) is 10.0 Å². The lowest BCUT2D eigenvalue weighted by molar-refractivity contribution is 0.575. The Morgan fingerprint density at radius 1 is 1.40 bits per heavy atom. The van der Waals surface area contributed by atoms with Gasteiger partial charge in [0.15, 0.2) is 0 Å². The van der Waals surface area contributed by atoms with E-state index in [0.717, 1.165) is 12.8 Å². The van der Waals surface area contributed by atoms with Crippen molar-refractivity contribution in [3.8, 4) is 0 Å². The lowest BCUT2D eigenvalue weighted by Crippen LogP contribution is -2.31. The van der Waals surface area contributed by atoms with Crippen molar-refractivity contribution in [2.45, 2.75) is 30.9 Å². The highest BCUT2D eigenvalue weighted by Gasteiger charge is 2.18. The van der Waals surface area contributed by atoms with Gasteiger partial charge in [-0.05, 0) is 38.0 Å². The first-order chi connectivity index (χ1) is 7.14. The van der Waals surface area contributed by atoms with Crippen LogP contribution in [0, 0.1) is 0 Å². The molecule has 0 aromatic carbocycles. The van der Waals surface area contributed by atoms with E-state index in [0.29, 0.717) is 24.8 Å². The van der Waals surface area contributed by atoms with E-state index in [2.05, 4.69) is 4.72 Å². The molecule has 0 aliphatic carbocycles. The molecule has 90 valence electrons. The van der Waals surface area contributed by atoms with Gasteiger partial charge in [0, 0.05) is 11.8 Å². The number of hydrogen-bond donors (Lipinski definition) is 2. The van der Waals surface area contributed by atoms with Crippen molar-refractivity contribution in [1.82, 2.24) is 4.72 Å². The fourth-order valence-corrected chi connectivity index (χ4v) is 4.02. The van der Waals surface area contributed by atoms with Crippen LogP contribution in [0.4, 0.5) is 0 Å². The van der Waals surface area contributed by atoms with Crippen LogP contribution in [-0.2, 0) is 10.0 Å². The van der Waals surface area contributed by atoms with E-state index in [4.69, 9.17) is 5.73 Å². The topological polar surface area (TPSA) is 72.2 Å². The Labute approximate surface area is 96.4 Å². The van der Waals surface area contributed by atoms with Gasteiger partial charge in [-0.15, -0.1) is 0 Å². The Kier molecular flexibility index (Phi) is 5.96. The number of nitrogens with two attached hydrogens (primary N) is 1. The first-order valence-electron chi connectivity index (χ1n) is 5.43. The third-order valence-corrected chi connectivity index (χ3v) is 5.25. The fraction of sp³-hybridized carbons (Fsp3) is 1.00. The molecule has 0 amide bonds. The molecule has 0 aromatic rings. The number of thioether (sulfide) groups is 1. The van der Waals surface area contributed by atoms with E-state index >= 15 is 0 Å². The molecule has 1 heterocycles. The molecular weight excluding hydrogens is 232 g/mol. The summed E-state index contributed by atoms with van der Waals surface area (Å²) in [6.45, 7) is 1.16. The predicted molar refractivity (Wildman–Crippen MR) is 65.6 cm³/mol. The minimum Gasteiger partial charge on any atom is -0.330 e. The lowest BCUT2D eigenvalue weighted by atomic mass is 10.2. The highest BCUT2D eigenvalue weighted by atomic mass is 32.2. The van der Waals surface area contributed by atoms with Gasteiger partial charge in [-0.3, -0.25) is 0 Å². The van der Waals surface area contributed by atoms with Crippen molar-refractivity contribution in [2.75, 3.05) is 24.6 Å². The molecule has 1 aliphatic heterocycles. The molecule has 6 heteroatoms. The second kappa shape index (κ2) is 6.73. The number of sulfonamides is 1. The van der Waals surface area contributed by atoms with E-state index in [1.165, 1.54) is 12.2 Å². The summed E-state index contributed by atoms with van der Waals surface area (Å²) >= 11 is 1.86. The number of hydrogen-bond acceptors (Lipinski definition) is 4. The van der Waals surface area contributed by atoms with Gasteiger partial charge in [-0.25, -0.2) is 13.1 Å². The number of rotatable bonds is 7. The van der Waals surface area contributed by atoms with Crippen molar-refractivity contribution in [2.24, 2.45) is 5.73 Å². The molecule has 0 saturated carbocycles. The average Bonchev–Trinajstić information content (AvgIpc) is 2.68. The first kappa shape index (κ1) is 13.3. The zero-order valence-electron chi connectivity index (χ0n) is 8.94. The van der Waals surface area contributed by atoms with E-state index in [-0.39, 0.29) is 5.75 Å². The SMILES string of the molecule is NCCCCS(=O)(=O)NCC1CCCS1. The van der Waals surface area contributed by atoms with Gasteiger partial charge < -0.3 is 5.73 Å². The normalized spacial score (nSPS) is 22.1. The summed E-state index contributed by atoms with van der Waals surface area (Å²) in [4.78, 5) is 0. The Morgan fingerprint density at radius 2 is 2.20 bits per heavy atom. The lowest BCUT2D eigenvalue weighted by Gasteiger charge is -2.10. The molecule has 1 atom stereocenters. The summed E-state index contributed by atoms with van der Waals surface area (Å²) in [6.07, 6.45) is 3.78. The van der Waals surface area contributed by atoms with Crippen molar-refractivity contribution in [3.63, 3.8) is 0 Å². The molecule has 15 heavy (non-hydrogen) atoms. The quantitative estimate of drug-likeness (QED) is 0.649. The van der Waals surface area contributed by atoms with Gasteiger partial charge in [-0.1, -0.05) is 0 Å². The molecule has 1 unspecified atom stereocenters. The molecule has 0 spiro atoms. The Balaban J connectivity index is 2.17. The zero-order chi connectivity index (χ0) is 11.1. The molecule has 1 rings (SSSR count).